The highest BCUT2D eigenvalue weighted by Gasteiger charge is 2.55. The number of thioether (sulfide) groups is 1. The normalized spacial score (nSPS) is 17.8. The Hall–Kier alpha value is -4.24. The van der Waals surface area contributed by atoms with E-state index in [-0.39, 0.29) is 34.7 Å². The molecule has 0 spiro atoms. The van der Waals surface area contributed by atoms with Crippen LogP contribution in [0.2, 0.25) is 0 Å². The van der Waals surface area contributed by atoms with Crippen molar-refractivity contribution in [1.29, 1.82) is 0 Å². The number of ether oxygens (including phenoxy) is 2. The molecule has 3 aromatic rings. The van der Waals surface area contributed by atoms with E-state index >= 15 is 0 Å². The van der Waals surface area contributed by atoms with Gasteiger partial charge in [-0.25, -0.2) is 9.78 Å². The highest BCUT2D eigenvalue weighted by atomic mass is 35.5. The van der Waals surface area contributed by atoms with Crippen molar-refractivity contribution in [3.63, 3.8) is 0 Å². The van der Waals surface area contributed by atoms with Gasteiger partial charge in [0.15, 0.2) is 16.9 Å². The molecule has 0 bridgehead atoms. The number of methoxy groups -OCH3 is 1. The number of nitrogens with one attached hydrogen (secondary N) is 2. The first-order chi connectivity index (χ1) is 21.9. The summed E-state index contributed by atoms with van der Waals surface area (Å²) in [5.41, 5.74) is 2.16. The Morgan fingerprint density at radius 3 is 2.36 bits per heavy atom. The van der Waals surface area contributed by atoms with Crippen molar-refractivity contribution >= 4 is 69.2 Å². The molecule has 1 unspecified atom stereocenters. The maximum Gasteiger partial charge on any atom is 0.356 e. The smallest absolute Gasteiger partial charge is 0.356 e. The van der Waals surface area contributed by atoms with Crippen LogP contribution in [0.1, 0.15) is 22.9 Å². The van der Waals surface area contributed by atoms with E-state index < -0.39 is 41.2 Å². The van der Waals surface area contributed by atoms with Crippen LogP contribution in [-0.2, 0) is 33.5 Å². The second-order valence-electron chi connectivity index (χ2n) is 9.70. The Labute approximate surface area is 271 Å². The van der Waals surface area contributed by atoms with Gasteiger partial charge >= 0.3 is 5.97 Å². The Balaban J connectivity index is 1.36. The summed E-state index contributed by atoms with van der Waals surface area (Å²) in [4.78, 5) is 62.8. The van der Waals surface area contributed by atoms with Crippen molar-refractivity contribution < 1.29 is 33.5 Å². The summed E-state index contributed by atoms with van der Waals surface area (Å²) in [6.07, 6.45) is -0.721. The predicted octanol–water partition coefficient (Wildman–Crippen LogP) is 3.30. The van der Waals surface area contributed by atoms with Crippen LogP contribution in [-0.4, -0.2) is 83.2 Å². The average Bonchev–Trinajstić information content (AvgIpc) is 3.53. The fourth-order valence-corrected chi connectivity index (χ4v) is 6.91. The summed E-state index contributed by atoms with van der Waals surface area (Å²) >= 11 is 7.99. The first kappa shape index (κ1) is 32.2. The molecule has 5 rings (SSSR count). The number of hydrogen-bond acceptors (Lipinski definition) is 11. The fourth-order valence-electron chi connectivity index (χ4n) is 4.80. The number of hydrogen-bond donors (Lipinski definition) is 2. The zero-order valence-electron chi connectivity index (χ0n) is 24.1. The van der Waals surface area contributed by atoms with Gasteiger partial charge in [0.05, 0.1) is 6.61 Å². The second-order valence-corrected chi connectivity index (χ2v) is 11.9. The standard InChI is InChI=1S/C30H28ClN5O7S2/c1-41-14-19-15-44-28-23(34-26(38)22(35-42-2)20-16-45-30(32-20)33-21(37)13-31)27(39)36(28)24(19)29(40)43-25(17-9-5-3-6-10-17)18-11-7-4-8-12-18/h3-12,16,23,25,28H,13-15H2,1-2H3,(H,34,38)(H,32,33,37)/b35-22-/t23?,28-/m1/s1. The van der Waals surface area contributed by atoms with Gasteiger partial charge in [0, 0.05) is 18.2 Å². The lowest BCUT2D eigenvalue weighted by molar-refractivity contribution is -0.154. The van der Waals surface area contributed by atoms with Crippen LogP contribution in [0, 0.1) is 0 Å². The number of carbonyl (C=O) groups is 4. The molecular formula is C30H28ClN5O7S2. The second kappa shape index (κ2) is 14.7. The zero-order chi connectivity index (χ0) is 31.9. The number of alkyl halides is 1. The van der Waals surface area contributed by atoms with Crippen LogP contribution in [0.5, 0.6) is 0 Å². The summed E-state index contributed by atoms with van der Waals surface area (Å²) in [7, 11) is 2.77. The molecule has 2 aliphatic rings. The molecule has 2 N–H and O–H groups in total. The number of halogens is 1. The molecule has 15 heteroatoms. The quantitative estimate of drug-likeness (QED) is 0.0974. The third-order valence-corrected chi connectivity index (χ3v) is 9.13. The van der Waals surface area contributed by atoms with Crippen LogP contribution in [0.4, 0.5) is 5.13 Å². The molecule has 1 fully saturated rings. The Kier molecular flexibility index (Phi) is 10.5. The Morgan fingerprint density at radius 1 is 1.09 bits per heavy atom. The predicted molar refractivity (Wildman–Crippen MR) is 170 cm³/mol. The number of anilines is 1. The summed E-state index contributed by atoms with van der Waals surface area (Å²) in [6, 6.07) is 17.7. The van der Waals surface area contributed by atoms with E-state index in [1.807, 2.05) is 60.7 Å². The van der Waals surface area contributed by atoms with Gasteiger partial charge in [-0.3, -0.25) is 19.3 Å². The van der Waals surface area contributed by atoms with Crippen LogP contribution in [0.15, 0.2) is 82.5 Å². The molecule has 2 aromatic carbocycles. The summed E-state index contributed by atoms with van der Waals surface area (Å²) in [5, 5.41) is 10.1. The van der Waals surface area contributed by atoms with Gasteiger partial charge in [0.25, 0.3) is 11.8 Å². The van der Waals surface area contributed by atoms with E-state index in [2.05, 4.69) is 20.8 Å². The van der Waals surface area contributed by atoms with Gasteiger partial charge < -0.3 is 24.9 Å². The van der Waals surface area contributed by atoms with Crippen LogP contribution < -0.4 is 10.6 Å². The number of benzene rings is 2. The lowest BCUT2D eigenvalue weighted by Gasteiger charge is -2.49. The molecule has 3 amide bonds. The molecule has 0 saturated carbocycles. The van der Waals surface area contributed by atoms with Crippen LogP contribution in [0.3, 0.4) is 0 Å². The molecule has 45 heavy (non-hydrogen) atoms. The molecule has 2 aliphatic heterocycles. The van der Waals surface area contributed by atoms with Crippen molar-refractivity contribution in [2.45, 2.75) is 17.5 Å². The molecule has 234 valence electrons. The third kappa shape index (κ3) is 7.04. The highest BCUT2D eigenvalue weighted by molar-refractivity contribution is 8.00. The van der Waals surface area contributed by atoms with Gasteiger partial charge in [0.2, 0.25) is 5.91 Å². The molecule has 1 saturated heterocycles. The highest BCUT2D eigenvalue weighted by Crippen LogP contribution is 2.41. The summed E-state index contributed by atoms with van der Waals surface area (Å²) in [5.74, 6) is -2.25. The van der Waals surface area contributed by atoms with Crippen molar-refractivity contribution in [1.82, 2.24) is 15.2 Å². The van der Waals surface area contributed by atoms with Crippen molar-refractivity contribution in [2.75, 3.05) is 37.8 Å². The van der Waals surface area contributed by atoms with E-state index in [1.165, 1.54) is 36.3 Å². The molecule has 3 heterocycles. The Morgan fingerprint density at radius 2 is 1.76 bits per heavy atom. The lowest BCUT2D eigenvalue weighted by Crippen LogP contribution is -2.71. The topological polar surface area (TPSA) is 149 Å². The van der Waals surface area contributed by atoms with Gasteiger partial charge in [-0.1, -0.05) is 65.8 Å². The Bertz CT molecular complexity index is 1590. The molecule has 0 aliphatic carbocycles. The number of thiazole rings is 1. The van der Waals surface area contributed by atoms with E-state index in [0.29, 0.717) is 11.3 Å². The van der Waals surface area contributed by atoms with E-state index in [1.54, 1.807) is 0 Å². The number of amides is 3. The maximum atomic E-state index is 13.9. The van der Waals surface area contributed by atoms with Crippen molar-refractivity contribution in [3.05, 3.63) is 94.1 Å². The first-order valence-electron chi connectivity index (χ1n) is 13.6. The zero-order valence-corrected chi connectivity index (χ0v) is 26.5. The van der Waals surface area contributed by atoms with Gasteiger partial charge in [-0.2, -0.15) is 0 Å². The average molecular weight is 670 g/mol. The van der Waals surface area contributed by atoms with Gasteiger partial charge in [0.1, 0.15) is 35.8 Å². The maximum absolute atomic E-state index is 13.9. The molecule has 1 aromatic heterocycles. The number of fused-ring (bicyclic) bond motifs is 1. The van der Waals surface area contributed by atoms with Crippen LogP contribution >= 0.6 is 34.7 Å². The monoisotopic (exact) mass is 669 g/mol. The van der Waals surface area contributed by atoms with Crippen molar-refractivity contribution in [2.24, 2.45) is 5.16 Å². The minimum absolute atomic E-state index is 0.0953. The summed E-state index contributed by atoms with van der Waals surface area (Å²) in [6.45, 7) is 0.114. The van der Waals surface area contributed by atoms with Crippen LogP contribution in [0.25, 0.3) is 0 Å². The molecule has 0 radical (unpaired) electrons. The number of rotatable bonds is 12. The number of esters is 1. The third-order valence-electron chi connectivity index (χ3n) is 6.79. The molecular weight excluding hydrogens is 642 g/mol. The lowest BCUT2D eigenvalue weighted by atomic mass is 10.0. The largest absolute Gasteiger partial charge is 0.448 e. The number of β-lactam (4-membered cyclic amide) rings is 1. The number of oxime groups is 1. The number of carbonyl (C=O) groups excluding carboxylic acids is 4. The fraction of sp³-hybridized carbons (Fsp3) is 0.267. The van der Waals surface area contributed by atoms with E-state index in [0.717, 1.165) is 22.5 Å². The van der Waals surface area contributed by atoms with E-state index in [4.69, 9.17) is 25.9 Å². The SMILES string of the molecule is COCC1=C(C(=O)OC(c2ccccc2)c2ccccc2)N2C(=O)C(NC(=O)/C(=N\OC)c3csc(NC(=O)CCl)n3)[C@H]2SC1. The molecule has 2 atom stereocenters. The first-order valence-corrected chi connectivity index (χ1v) is 16.0. The minimum atomic E-state index is -0.968. The number of aromatic nitrogens is 1. The summed E-state index contributed by atoms with van der Waals surface area (Å²) < 4.78 is 11.5. The number of nitrogens with zero attached hydrogens (tertiary/aromatic N) is 3. The molecule has 12 nitrogen and oxygen atoms in total. The van der Waals surface area contributed by atoms with Gasteiger partial charge in [-0.15, -0.1) is 34.7 Å². The van der Waals surface area contributed by atoms with Crippen molar-refractivity contribution in [3.8, 4) is 0 Å². The van der Waals surface area contributed by atoms with Gasteiger partial charge in [-0.05, 0) is 16.7 Å². The van der Waals surface area contributed by atoms with E-state index in [9.17, 15) is 19.2 Å². The minimum Gasteiger partial charge on any atom is -0.448 e.